The van der Waals surface area contributed by atoms with Crippen LogP contribution in [-0.4, -0.2) is 24.2 Å². The molecule has 25 heavy (non-hydrogen) atoms. The molecule has 0 saturated heterocycles. The second-order valence-electron chi connectivity index (χ2n) is 6.07. The van der Waals surface area contributed by atoms with Crippen molar-refractivity contribution in [2.24, 2.45) is 0 Å². The normalized spacial score (nSPS) is 14.0. The fraction of sp³-hybridized carbons (Fsp3) is 0.316. The number of aryl methyl sites for hydroxylation is 2. The van der Waals surface area contributed by atoms with Crippen molar-refractivity contribution in [3.63, 3.8) is 0 Å². The summed E-state index contributed by atoms with van der Waals surface area (Å²) in [7, 11) is 0. The van der Waals surface area contributed by atoms with E-state index in [-0.39, 0.29) is 18.7 Å². The number of hydrogen-bond acceptors (Lipinski definition) is 3. The van der Waals surface area contributed by atoms with Crippen molar-refractivity contribution in [2.45, 2.75) is 25.4 Å². The van der Waals surface area contributed by atoms with Gasteiger partial charge in [-0.1, -0.05) is 12.1 Å². The number of ether oxygens (including phenoxy) is 1. The van der Waals surface area contributed by atoms with Gasteiger partial charge in [-0.25, -0.2) is 8.78 Å². The molecule has 0 saturated carbocycles. The molecule has 0 aromatic heterocycles. The number of nitrogens with one attached hydrogen (secondary N) is 1. The SMILES string of the molecule is O=C(COc1ccc2c(c1)CCC2)NCC(O)c1ccc(F)c(F)c1. The summed E-state index contributed by atoms with van der Waals surface area (Å²) in [5.41, 5.74) is 2.77. The topological polar surface area (TPSA) is 58.6 Å². The predicted octanol–water partition coefficient (Wildman–Crippen LogP) is 2.68. The molecule has 2 N–H and O–H groups in total. The number of aliphatic hydroxyl groups is 1. The highest BCUT2D eigenvalue weighted by molar-refractivity contribution is 5.77. The van der Waals surface area contributed by atoms with E-state index in [1.165, 1.54) is 17.2 Å². The van der Waals surface area contributed by atoms with Crippen LogP contribution < -0.4 is 10.1 Å². The molecule has 1 atom stereocenters. The van der Waals surface area contributed by atoms with Crippen LogP contribution in [0.4, 0.5) is 8.78 Å². The Bertz CT molecular complexity index is 779. The molecule has 0 fully saturated rings. The largest absolute Gasteiger partial charge is 0.484 e. The predicted molar refractivity (Wildman–Crippen MR) is 88.3 cm³/mol. The maximum atomic E-state index is 13.1. The van der Waals surface area contributed by atoms with Crippen LogP contribution in [0.15, 0.2) is 36.4 Å². The third kappa shape index (κ3) is 4.33. The summed E-state index contributed by atoms with van der Waals surface area (Å²) in [5, 5.41) is 12.4. The van der Waals surface area contributed by atoms with Gasteiger partial charge in [0.2, 0.25) is 0 Å². The van der Waals surface area contributed by atoms with E-state index in [2.05, 4.69) is 5.32 Å². The van der Waals surface area contributed by atoms with Gasteiger partial charge < -0.3 is 15.2 Å². The molecule has 0 spiro atoms. The Labute approximate surface area is 144 Å². The van der Waals surface area contributed by atoms with Crippen molar-refractivity contribution >= 4 is 5.91 Å². The summed E-state index contributed by atoms with van der Waals surface area (Å²) in [6.45, 7) is -0.291. The molecule has 3 rings (SSSR count). The lowest BCUT2D eigenvalue weighted by molar-refractivity contribution is -0.123. The van der Waals surface area contributed by atoms with Crippen molar-refractivity contribution in [1.29, 1.82) is 0 Å². The maximum absolute atomic E-state index is 13.1. The number of halogens is 2. The number of amides is 1. The van der Waals surface area contributed by atoms with E-state index in [9.17, 15) is 18.7 Å². The van der Waals surface area contributed by atoms with Gasteiger partial charge in [-0.05, 0) is 60.2 Å². The molecule has 132 valence electrons. The highest BCUT2D eigenvalue weighted by Gasteiger charge is 2.14. The molecule has 0 aliphatic heterocycles. The highest BCUT2D eigenvalue weighted by atomic mass is 19.2. The lowest BCUT2D eigenvalue weighted by atomic mass is 10.1. The molecule has 2 aromatic rings. The van der Waals surface area contributed by atoms with Gasteiger partial charge in [0, 0.05) is 6.54 Å². The molecule has 0 radical (unpaired) electrons. The first-order valence-electron chi connectivity index (χ1n) is 8.17. The molecule has 1 aliphatic rings. The monoisotopic (exact) mass is 347 g/mol. The van der Waals surface area contributed by atoms with Gasteiger partial charge in [0.1, 0.15) is 5.75 Å². The molecule has 6 heteroatoms. The Hall–Kier alpha value is -2.47. The van der Waals surface area contributed by atoms with Crippen LogP contribution in [0.2, 0.25) is 0 Å². The third-order valence-electron chi connectivity index (χ3n) is 4.26. The number of rotatable bonds is 6. The number of carbonyl (C=O) groups excluding carboxylic acids is 1. The lowest BCUT2D eigenvalue weighted by Gasteiger charge is -2.13. The number of hydrogen-bond donors (Lipinski definition) is 2. The van der Waals surface area contributed by atoms with Gasteiger partial charge >= 0.3 is 0 Å². The zero-order valence-electron chi connectivity index (χ0n) is 13.6. The Morgan fingerprint density at radius 2 is 1.92 bits per heavy atom. The molecular formula is C19H19F2NO3. The fourth-order valence-electron chi connectivity index (χ4n) is 2.89. The van der Waals surface area contributed by atoms with Crippen molar-refractivity contribution in [1.82, 2.24) is 5.32 Å². The van der Waals surface area contributed by atoms with Gasteiger partial charge in [0.05, 0.1) is 6.10 Å². The summed E-state index contributed by atoms with van der Waals surface area (Å²) < 4.78 is 31.5. The van der Waals surface area contributed by atoms with E-state index in [1.807, 2.05) is 18.2 Å². The first-order chi connectivity index (χ1) is 12.0. The molecule has 1 aliphatic carbocycles. The quantitative estimate of drug-likeness (QED) is 0.845. The minimum absolute atomic E-state index is 0.114. The van der Waals surface area contributed by atoms with Crippen molar-refractivity contribution in [3.05, 3.63) is 64.7 Å². The molecule has 0 heterocycles. The second kappa shape index (κ2) is 7.61. The first kappa shape index (κ1) is 17.4. The van der Waals surface area contributed by atoms with Crippen LogP contribution in [0, 0.1) is 11.6 Å². The first-order valence-corrected chi connectivity index (χ1v) is 8.17. The minimum atomic E-state index is -1.13. The third-order valence-corrected chi connectivity index (χ3v) is 4.26. The van der Waals surface area contributed by atoms with Crippen LogP contribution >= 0.6 is 0 Å². The maximum Gasteiger partial charge on any atom is 0.258 e. The van der Waals surface area contributed by atoms with Gasteiger partial charge in [-0.3, -0.25) is 4.79 Å². The van der Waals surface area contributed by atoms with E-state index in [0.717, 1.165) is 31.4 Å². The molecule has 1 unspecified atom stereocenters. The number of fused-ring (bicyclic) bond motifs is 1. The lowest BCUT2D eigenvalue weighted by Crippen LogP contribution is -2.32. The van der Waals surface area contributed by atoms with Crippen LogP contribution in [0.1, 0.15) is 29.2 Å². The van der Waals surface area contributed by atoms with Crippen LogP contribution in [0.5, 0.6) is 5.75 Å². The van der Waals surface area contributed by atoms with E-state index < -0.39 is 23.6 Å². The smallest absolute Gasteiger partial charge is 0.258 e. The van der Waals surface area contributed by atoms with Crippen LogP contribution in [-0.2, 0) is 17.6 Å². The van der Waals surface area contributed by atoms with Crippen molar-refractivity contribution in [3.8, 4) is 5.75 Å². The Morgan fingerprint density at radius 3 is 2.72 bits per heavy atom. The number of benzene rings is 2. The summed E-state index contributed by atoms with van der Waals surface area (Å²) >= 11 is 0. The zero-order chi connectivity index (χ0) is 17.8. The Kier molecular flexibility index (Phi) is 5.28. The molecule has 0 bridgehead atoms. The molecule has 2 aromatic carbocycles. The zero-order valence-corrected chi connectivity index (χ0v) is 13.6. The standard InChI is InChI=1S/C19H19F2NO3/c20-16-7-5-14(9-17(16)21)18(23)10-22-19(24)11-25-15-6-4-12-2-1-3-13(12)8-15/h4-9,18,23H,1-3,10-11H2,(H,22,24). The van der Waals surface area contributed by atoms with Crippen molar-refractivity contribution < 1.29 is 23.4 Å². The van der Waals surface area contributed by atoms with Crippen LogP contribution in [0.25, 0.3) is 0 Å². The summed E-state index contributed by atoms with van der Waals surface area (Å²) in [5.74, 6) is -1.79. The number of aliphatic hydroxyl groups excluding tert-OH is 1. The van der Waals surface area contributed by atoms with Gasteiger partial charge in [-0.2, -0.15) is 0 Å². The minimum Gasteiger partial charge on any atom is -0.484 e. The van der Waals surface area contributed by atoms with Crippen LogP contribution in [0.3, 0.4) is 0 Å². The average Bonchev–Trinajstić information content (AvgIpc) is 3.08. The summed E-state index contributed by atoms with van der Waals surface area (Å²) in [4.78, 5) is 11.8. The molecule has 1 amide bonds. The Balaban J connectivity index is 1.47. The van der Waals surface area contributed by atoms with E-state index in [4.69, 9.17) is 4.74 Å². The van der Waals surface area contributed by atoms with E-state index in [1.54, 1.807) is 0 Å². The fourth-order valence-corrected chi connectivity index (χ4v) is 2.89. The average molecular weight is 347 g/mol. The van der Waals surface area contributed by atoms with Gasteiger partial charge in [0.15, 0.2) is 18.2 Å². The van der Waals surface area contributed by atoms with Crippen molar-refractivity contribution in [2.75, 3.05) is 13.2 Å². The van der Waals surface area contributed by atoms with E-state index >= 15 is 0 Å². The van der Waals surface area contributed by atoms with Gasteiger partial charge in [0.25, 0.3) is 5.91 Å². The van der Waals surface area contributed by atoms with Gasteiger partial charge in [-0.15, -0.1) is 0 Å². The molecule has 4 nitrogen and oxygen atoms in total. The highest BCUT2D eigenvalue weighted by Crippen LogP contribution is 2.25. The summed E-state index contributed by atoms with van der Waals surface area (Å²) in [6.07, 6.45) is 2.12. The molecular weight excluding hydrogens is 328 g/mol. The second-order valence-corrected chi connectivity index (χ2v) is 6.07. The van der Waals surface area contributed by atoms with E-state index in [0.29, 0.717) is 5.75 Å². The Morgan fingerprint density at radius 1 is 1.12 bits per heavy atom. The summed E-state index contributed by atoms with van der Waals surface area (Å²) in [6, 6.07) is 8.93. The number of carbonyl (C=O) groups is 1.